The Balaban J connectivity index is 1.70. The Morgan fingerprint density at radius 1 is 1.08 bits per heavy atom. The van der Waals surface area contributed by atoms with Gasteiger partial charge in [0, 0.05) is 24.2 Å². The molecular formula is C19H18F2N2O2. The first kappa shape index (κ1) is 17.1. The van der Waals surface area contributed by atoms with E-state index in [1.807, 2.05) is 32.0 Å². The fourth-order valence-corrected chi connectivity index (χ4v) is 2.85. The van der Waals surface area contributed by atoms with E-state index in [0.717, 1.165) is 28.9 Å². The van der Waals surface area contributed by atoms with E-state index in [1.165, 1.54) is 6.07 Å². The number of benzene rings is 2. The lowest BCUT2D eigenvalue weighted by Gasteiger charge is -2.18. The van der Waals surface area contributed by atoms with Crippen molar-refractivity contribution in [2.45, 2.75) is 26.3 Å². The van der Waals surface area contributed by atoms with Crippen LogP contribution in [-0.2, 0) is 4.79 Å². The number of halogens is 2. The first-order valence-electron chi connectivity index (χ1n) is 7.98. The summed E-state index contributed by atoms with van der Waals surface area (Å²) in [5.41, 5.74) is 3.03. The number of hydrogen-bond acceptors (Lipinski definition) is 2. The monoisotopic (exact) mass is 344 g/mol. The molecule has 1 heterocycles. The van der Waals surface area contributed by atoms with Crippen LogP contribution in [0.3, 0.4) is 0 Å². The van der Waals surface area contributed by atoms with Gasteiger partial charge in [0.05, 0.1) is 6.04 Å². The molecule has 1 N–H and O–H groups in total. The van der Waals surface area contributed by atoms with Gasteiger partial charge in [0.15, 0.2) is 11.6 Å². The van der Waals surface area contributed by atoms with Gasteiger partial charge in [-0.3, -0.25) is 9.59 Å². The van der Waals surface area contributed by atoms with Crippen molar-refractivity contribution in [1.29, 1.82) is 0 Å². The van der Waals surface area contributed by atoms with Gasteiger partial charge in [-0.15, -0.1) is 0 Å². The average molecular weight is 344 g/mol. The molecule has 1 atom stereocenters. The molecule has 2 aromatic rings. The molecule has 0 bridgehead atoms. The van der Waals surface area contributed by atoms with Crippen LogP contribution < -0.4 is 10.2 Å². The van der Waals surface area contributed by atoms with Gasteiger partial charge in [-0.25, -0.2) is 8.78 Å². The molecule has 130 valence electrons. The summed E-state index contributed by atoms with van der Waals surface area (Å²) in [4.78, 5) is 26.1. The third kappa shape index (κ3) is 3.52. The molecule has 0 unspecified atom stereocenters. The molecular weight excluding hydrogens is 326 g/mol. The minimum Gasteiger partial charge on any atom is -0.347 e. The molecule has 6 heteroatoms. The second kappa shape index (κ2) is 6.63. The zero-order valence-electron chi connectivity index (χ0n) is 14.0. The van der Waals surface area contributed by atoms with E-state index in [-0.39, 0.29) is 23.9 Å². The molecule has 0 spiro atoms. The molecule has 0 saturated carbocycles. The number of amides is 2. The summed E-state index contributed by atoms with van der Waals surface area (Å²) in [5.74, 6) is -2.70. The SMILES string of the molecule is Cc1ccc(N2C[C@H](NC(=O)c3ccc(F)c(F)c3)CC2=O)cc1C. The fourth-order valence-electron chi connectivity index (χ4n) is 2.85. The summed E-state index contributed by atoms with van der Waals surface area (Å²) in [7, 11) is 0. The zero-order valence-corrected chi connectivity index (χ0v) is 14.0. The normalized spacial score (nSPS) is 17.0. The van der Waals surface area contributed by atoms with E-state index >= 15 is 0 Å². The van der Waals surface area contributed by atoms with Gasteiger partial charge in [-0.1, -0.05) is 6.07 Å². The Kier molecular flexibility index (Phi) is 4.53. The Labute approximate surface area is 144 Å². The van der Waals surface area contributed by atoms with E-state index in [4.69, 9.17) is 0 Å². The molecule has 25 heavy (non-hydrogen) atoms. The highest BCUT2D eigenvalue weighted by Crippen LogP contribution is 2.24. The van der Waals surface area contributed by atoms with Crippen molar-refractivity contribution in [2.75, 3.05) is 11.4 Å². The minimum absolute atomic E-state index is 0.0241. The van der Waals surface area contributed by atoms with Crippen molar-refractivity contribution in [1.82, 2.24) is 5.32 Å². The Bertz CT molecular complexity index is 851. The summed E-state index contributed by atoms with van der Waals surface area (Å²) in [6, 6.07) is 8.35. The summed E-state index contributed by atoms with van der Waals surface area (Å²) >= 11 is 0. The van der Waals surface area contributed by atoms with Gasteiger partial charge in [0.1, 0.15) is 0 Å². The topological polar surface area (TPSA) is 49.4 Å². The van der Waals surface area contributed by atoms with Crippen LogP contribution >= 0.6 is 0 Å². The molecule has 1 saturated heterocycles. The highest BCUT2D eigenvalue weighted by atomic mass is 19.2. The van der Waals surface area contributed by atoms with Crippen molar-refractivity contribution in [2.24, 2.45) is 0 Å². The van der Waals surface area contributed by atoms with Crippen LogP contribution in [-0.4, -0.2) is 24.4 Å². The zero-order chi connectivity index (χ0) is 18.1. The third-order valence-corrected chi connectivity index (χ3v) is 4.44. The quantitative estimate of drug-likeness (QED) is 0.930. The Morgan fingerprint density at radius 3 is 2.52 bits per heavy atom. The fraction of sp³-hybridized carbons (Fsp3) is 0.263. The number of nitrogens with one attached hydrogen (secondary N) is 1. The van der Waals surface area contributed by atoms with Gasteiger partial charge in [-0.2, -0.15) is 0 Å². The Hall–Kier alpha value is -2.76. The van der Waals surface area contributed by atoms with Crippen LogP contribution in [0.25, 0.3) is 0 Å². The van der Waals surface area contributed by atoms with Gasteiger partial charge in [0.2, 0.25) is 5.91 Å². The molecule has 0 aliphatic carbocycles. The van der Waals surface area contributed by atoms with Crippen LogP contribution in [0.2, 0.25) is 0 Å². The number of aryl methyl sites for hydroxylation is 2. The number of nitrogens with zero attached hydrogens (tertiary/aromatic N) is 1. The van der Waals surface area contributed by atoms with Gasteiger partial charge in [-0.05, 0) is 55.3 Å². The summed E-state index contributed by atoms with van der Waals surface area (Å²) < 4.78 is 26.2. The van der Waals surface area contributed by atoms with Crippen LogP contribution in [0.5, 0.6) is 0 Å². The second-order valence-electron chi connectivity index (χ2n) is 6.28. The maximum Gasteiger partial charge on any atom is 0.251 e. The predicted molar refractivity (Wildman–Crippen MR) is 90.5 cm³/mol. The van der Waals surface area contributed by atoms with Crippen molar-refractivity contribution < 1.29 is 18.4 Å². The summed E-state index contributed by atoms with van der Waals surface area (Å²) in [6.45, 7) is 4.31. The molecule has 0 aromatic heterocycles. The minimum atomic E-state index is -1.08. The summed E-state index contributed by atoms with van der Waals surface area (Å²) in [5, 5.41) is 2.71. The van der Waals surface area contributed by atoms with E-state index < -0.39 is 17.5 Å². The lowest BCUT2D eigenvalue weighted by atomic mass is 10.1. The lowest BCUT2D eigenvalue weighted by Crippen LogP contribution is -2.37. The maximum atomic E-state index is 13.3. The number of hydrogen-bond donors (Lipinski definition) is 1. The molecule has 2 aromatic carbocycles. The van der Waals surface area contributed by atoms with E-state index in [0.29, 0.717) is 6.54 Å². The molecule has 1 fully saturated rings. The first-order valence-corrected chi connectivity index (χ1v) is 7.98. The molecule has 2 amide bonds. The van der Waals surface area contributed by atoms with Crippen LogP contribution in [0.1, 0.15) is 27.9 Å². The Morgan fingerprint density at radius 2 is 1.84 bits per heavy atom. The number of anilines is 1. The highest BCUT2D eigenvalue weighted by molar-refractivity contribution is 5.99. The maximum absolute atomic E-state index is 13.3. The molecule has 1 aliphatic rings. The van der Waals surface area contributed by atoms with Crippen molar-refractivity contribution in [3.8, 4) is 0 Å². The second-order valence-corrected chi connectivity index (χ2v) is 6.28. The number of rotatable bonds is 3. The van der Waals surface area contributed by atoms with Crippen LogP contribution in [0.4, 0.5) is 14.5 Å². The number of carbonyl (C=O) groups is 2. The number of carbonyl (C=O) groups excluding carboxylic acids is 2. The van der Waals surface area contributed by atoms with Crippen molar-refractivity contribution in [3.63, 3.8) is 0 Å². The van der Waals surface area contributed by atoms with Gasteiger partial charge >= 0.3 is 0 Å². The highest BCUT2D eigenvalue weighted by Gasteiger charge is 2.32. The third-order valence-electron chi connectivity index (χ3n) is 4.44. The van der Waals surface area contributed by atoms with E-state index in [1.54, 1.807) is 4.90 Å². The first-order chi connectivity index (χ1) is 11.8. The largest absolute Gasteiger partial charge is 0.347 e. The predicted octanol–water partition coefficient (Wildman–Crippen LogP) is 3.12. The van der Waals surface area contributed by atoms with E-state index in [2.05, 4.69) is 5.32 Å². The smallest absolute Gasteiger partial charge is 0.251 e. The molecule has 1 aliphatic heterocycles. The average Bonchev–Trinajstić information content (AvgIpc) is 2.93. The molecule has 0 radical (unpaired) electrons. The van der Waals surface area contributed by atoms with Crippen molar-refractivity contribution in [3.05, 3.63) is 64.7 Å². The molecule has 3 rings (SSSR count). The van der Waals surface area contributed by atoms with Gasteiger partial charge < -0.3 is 10.2 Å². The van der Waals surface area contributed by atoms with Crippen LogP contribution in [0, 0.1) is 25.5 Å². The summed E-state index contributed by atoms with van der Waals surface area (Å²) in [6.07, 6.45) is 0.169. The van der Waals surface area contributed by atoms with E-state index in [9.17, 15) is 18.4 Å². The van der Waals surface area contributed by atoms with Gasteiger partial charge in [0.25, 0.3) is 5.91 Å². The van der Waals surface area contributed by atoms with Crippen LogP contribution in [0.15, 0.2) is 36.4 Å². The molecule has 4 nitrogen and oxygen atoms in total. The lowest BCUT2D eigenvalue weighted by molar-refractivity contribution is -0.117. The van der Waals surface area contributed by atoms with Crippen molar-refractivity contribution >= 4 is 17.5 Å². The standard InChI is InChI=1S/C19H18F2N2O2/c1-11-3-5-15(7-12(11)2)23-10-14(9-18(23)24)22-19(25)13-4-6-16(20)17(21)8-13/h3-8,14H,9-10H2,1-2H3,(H,22,25)/t14-/m1/s1.